The van der Waals surface area contributed by atoms with Crippen LogP contribution in [0.5, 0.6) is 0 Å². The quantitative estimate of drug-likeness (QED) is 0.317. The molecule has 0 aliphatic heterocycles. The maximum absolute atomic E-state index is 12.7. The topological polar surface area (TPSA) is 127 Å². The SMILES string of the molecule is C=CCC(=O)N[C@@H](Cc1ccccc1)C(=O)N[C@@H](CCCCN)C(N)=O. The molecule has 1 rings (SSSR count). The fourth-order valence-electron chi connectivity index (χ4n) is 2.49. The predicted octanol–water partition coefficient (Wildman–Crippen LogP) is 0.389. The molecule has 0 bridgehead atoms. The Morgan fingerprint density at radius 1 is 1.08 bits per heavy atom. The Morgan fingerprint density at radius 3 is 2.35 bits per heavy atom. The van der Waals surface area contributed by atoms with Crippen LogP contribution in [0, 0.1) is 0 Å². The summed E-state index contributed by atoms with van der Waals surface area (Å²) in [6, 6.07) is 7.73. The summed E-state index contributed by atoms with van der Waals surface area (Å²) >= 11 is 0. The van der Waals surface area contributed by atoms with E-state index in [2.05, 4.69) is 17.2 Å². The maximum Gasteiger partial charge on any atom is 0.243 e. The van der Waals surface area contributed by atoms with Gasteiger partial charge in [0.2, 0.25) is 17.7 Å². The van der Waals surface area contributed by atoms with Crippen molar-refractivity contribution in [3.8, 4) is 0 Å². The Morgan fingerprint density at radius 2 is 1.77 bits per heavy atom. The van der Waals surface area contributed by atoms with Crippen LogP contribution in [-0.2, 0) is 20.8 Å². The second-order valence-electron chi connectivity index (χ2n) is 6.05. The largest absolute Gasteiger partial charge is 0.368 e. The molecule has 7 heteroatoms. The molecular formula is C19H28N4O3. The third-order valence-electron chi connectivity index (χ3n) is 3.87. The first-order valence-corrected chi connectivity index (χ1v) is 8.71. The Labute approximate surface area is 154 Å². The monoisotopic (exact) mass is 360 g/mol. The van der Waals surface area contributed by atoms with E-state index in [0.717, 1.165) is 12.0 Å². The van der Waals surface area contributed by atoms with Crippen molar-refractivity contribution in [2.24, 2.45) is 11.5 Å². The average molecular weight is 360 g/mol. The third kappa shape index (κ3) is 7.94. The van der Waals surface area contributed by atoms with Crippen molar-refractivity contribution in [1.29, 1.82) is 0 Å². The molecule has 0 unspecified atom stereocenters. The van der Waals surface area contributed by atoms with Crippen LogP contribution in [0.1, 0.15) is 31.2 Å². The summed E-state index contributed by atoms with van der Waals surface area (Å²) < 4.78 is 0. The lowest BCUT2D eigenvalue weighted by Gasteiger charge is -2.22. The fraction of sp³-hybridized carbons (Fsp3) is 0.421. The van der Waals surface area contributed by atoms with Gasteiger partial charge in [-0.05, 0) is 31.4 Å². The van der Waals surface area contributed by atoms with Crippen molar-refractivity contribution in [1.82, 2.24) is 10.6 Å². The van der Waals surface area contributed by atoms with Crippen molar-refractivity contribution in [3.05, 3.63) is 48.6 Å². The van der Waals surface area contributed by atoms with Crippen LogP contribution < -0.4 is 22.1 Å². The van der Waals surface area contributed by atoms with Crippen LogP contribution in [0.4, 0.5) is 0 Å². The van der Waals surface area contributed by atoms with Gasteiger partial charge >= 0.3 is 0 Å². The lowest BCUT2D eigenvalue weighted by molar-refractivity contribution is -0.131. The average Bonchev–Trinajstić information content (AvgIpc) is 2.61. The van der Waals surface area contributed by atoms with Gasteiger partial charge < -0.3 is 22.1 Å². The minimum absolute atomic E-state index is 0.105. The van der Waals surface area contributed by atoms with E-state index in [9.17, 15) is 14.4 Å². The molecule has 0 aliphatic rings. The molecule has 0 aromatic heterocycles. The summed E-state index contributed by atoms with van der Waals surface area (Å²) in [5, 5.41) is 5.33. The van der Waals surface area contributed by atoms with Crippen LogP contribution in [0.3, 0.4) is 0 Å². The van der Waals surface area contributed by atoms with Crippen LogP contribution in [0.25, 0.3) is 0 Å². The zero-order chi connectivity index (χ0) is 19.4. The second kappa shape index (κ2) is 11.8. The molecule has 0 aliphatic carbocycles. The van der Waals surface area contributed by atoms with Gasteiger partial charge in [-0.1, -0.05) is 36.4 Å². The Hall–Kier alpha value is -2.67. The maximum atomic E-state index is 12.7. The lowest BCUT2D eigenvalue weighted by atomic mass is 10.0. The van der Waals surface area contributed by atoms with E-state index >= 15 is 0 Å². The summed E-state index contributed by atoms with van der Waals surface area (Å²) in [6.07, 6.45) is 3.71. The van der Waals surface area contributed by atoms with Crippen molar-refractivity contribution in [3.63, 3.8) is 0 Å². The van der Waals surface area contributed by atoms with Crippen molar-refractivity contribution in [2.75, 3.05) is 6.54 Å². The number of nitrogens with two attached hydrogens (primary N) is 2. The number of amides is 3. The molecule has 1 aromatic rings. The van der Waals surface area contributed by atoms with E-state index in [1.165, 1.54) is 6.08 Å². The molecule has 0 fully saturated rings. The summed E-state index contributed by atoms with van der Waals surface area (Å²) in [7, 11) is 0. The molecule has 0 saturated heterocycles. The van der Waals surface area contributed by atoms with Crippen molar-refractivity contribution in [2.45, 2.75) is 44.2 Å². The minimum atomic E-state index is -0.804. The number of benzene rings is 1. The zero-order valence-corrected chi connectivity index (χ0v) is 14.9. The minimum Gasteiger partial charge on any atom is -0.368 e. The Balaban J connectivity index is 2.81. The smallest absolute Gasteiger partial charge is 0.243 e. The van der Waals surface area contributed by atoms with Gasteiger partial charge in [0.05, 0.1) is 0 Å². The molecule has 6 N–H and O–H groups in total. The molecule has 0 heterocycles. The molecule has 26 heavy (non-hydrogen) atoms. The first kappa shape index (κ1) is 21.4. The predicted molar refractivity (Wildman–Crippen MR) is 101 cm³/mol. The number of hydrogen-bond donors (Lipinski definition) is 4. The van der Waals surface area contributed by atoms with E-state index in [4.69, 9.17) is 11.5 Å². The highest BCUT2D eigenvalue weighted by Gasteiger charge is 2.25. The molecule has 1 aromatic carbocycles. The number of unbranched alkanes of at least 4 members (excludes halogenated alkanes) is 1. The van der Waals surface area contributed by atoms with Gasteiger partial charge in [0.15, 0.2) is 0 Å². The van der Waals surface area contributed by atoms with Gasteiger partial charge in [0.1, 0.15) is 12.1 Å². The number of hydrogen-bond acceptors (Lipinski definition) is 4. The number of carbonyl (C=O) groups excluding carboxylic acids is 3. The standard InChI is InChI=1S/C19H28N4O3/c1-2-8-17(24)22-16(13-14-9-4-3-5-10-14)19(26)23-15(18(21)25)11-6-7-12-20/h2-5,9-10,15-16H,1,6-8,11-13,20H2,(H2,21,25)(H,22,24)(H,23,26)/t15-,16-/m0/s1. The third-order valence-corrected chi connectivity index (χ3v) is 3.87. The van der Waals surface area contributed by atoms with Crippen LogP contribution in [-0.4, -0.2) is 36.3 Å². The van der Waals surface area contributed by atoms with Crippen LogP contribution >= 0.6 is 0 Å². The first-order valence-electron chi connectivity index (χ1n) is 8.71. The second-order valence-corrected chi connectivity index (χ2v) is 6.05. The van der Waals surface area contributed by atoms with E-state index < -0.39 is 23.9 Å². The van der Waals surface area contributed by atoms with Gasteiger partial charge in [-0.2, -0.15) is 0 Å². The molecule has 3 amide bonds. The Bertz CT molecular complexity index is 604. The number of nitrogens with one attached hydrogen (secondary N) is 2. The van der Waals surface area contributed by atoms with Gasteiger partial charge in [-0.3, -0.25) is 14.4 Å². The fourth-order valence-corrected chi connectivity index (χ4v) is 2.49. The molecule has 2 atom stereocenters. The molecule has 0 radical (unpaired) electrons. The van der Waals surface area contributed by atoms with Crippen molar-refractivity contribution >= 4 is 17.7 Å². The summed E-state index contributed by atoms with van der Waals surface area (Å²) in [5.74, 6) is -1.36. The Kier molecular flexibility index (Phi) is 9.71. The molecule has 142 valence electrons. The van der Waals surface area contributed by atoms with E-state index in [0.29, 0.717) is 25.8 Å². The van der Waals surface area contributed by atoms with Crippen LogP contribution in [0.2, 0.25) is 0 Å². The molecule has 0 spiro atoms. The van der Waals surface area contributed by atoms with Crippen molar-refractivity contribution < 1.29 is 14.4 Å². The van der Waals surface area contributed by atoms with Gasteiger partial charge in [-0.15, -0.1) is 6.58 Å². The van der Waals surface area contributed by atoms with Gasteiger partial charge in [0.25, 0.3) is 0 Å². The highest BCUT2D eigenvalue weighted by atomic mass is 16.2. The highest BCUT2D eigenvalue weighted by molar-refractivity contribution is 5.92. The highest BCUT2D eigenvalue weighted by Crippen LogP contribution is 2.06. The lowest BCUT2D eigenvalue weighted by Crippen LogP contribution is -2.53. The normalized spacial score (nSPS) is 12.7. The van der Waals surface area contributed by atoms with E-state index in [1.807, 2.05) is 30.3 Å². The number of rotatable bonds is 12. The molecule has 7 nitrogen and oxygen atoms in total. The number of primary amides is 1. The van der Waals surface area contributed by atoms with Gasteiger partial charge in [-0.25, -0.2) is 0 Å². The zero-order valence-electron chi connectivity index (χ0n) is 14.9. The van der Waals surface area contributed by atoms with Crippen LogP contribution in [0.15, 0.2) is 43.0 Å². The summed E-state index contributed by atoms with van der Waals surface area (Å²) in [4.78, 5) is 36.2. The van der Waals surface area contributed by atoms with E-state index in [-0.39, 0.29) is 12.3 Å². The number of carbonyl (C=O) groups is 3. The van der Waals surface area contributed by atoms with Gasteiger partial charge in [0, 0.05) is 12.8 Å². The molecular weight excluding hydrogens is 332 g/mol. The first-order chi connectivity index (χ1) is 12.5. The van der Waals surface area contributed by atoms with E-state index in [1.54, 1.807) is 0 Å². The molecule has 0 saturated carbocycles. The summed E-state index contributed by atoms with van der Waals surface area (Å²) in [6.45, 7) is 4.03. The summed E-state index contributed by atoms with van der Waals surface area (Å²) in [5.41, 5.74) is 11.7.